The van der Waals surface area contributed by atoms with Crippen molar-refractivity contribution in [3.63, 3.8) is 0 Å². The van der Waals surface area contributed by atoms with Gasteiger partial charge in [-0.2, -0.15) is 5.10 Å². The van der Waals surface area contributed by atoms with Gasteiger partial charge >= 0.3 is 0 Å². The second kappa shape index (κ2) is 10.2. The van der Waals surface area contributed by atoms with Crippen LogP contribution >= 0.6 is 0 Å². The van der Waals surface area contributed by atoms with E-state index < -0.39 is 0 Å². The van der Waals surface area contributed by atoms with E-state index in [0.29, 0.717) is 11.6 Å². The van der Waals surface area contributed by atoms with Crippen LogP contribution in [0, 0.1) is 6.92 Å². The first kappa shape index (κ1) is 21.8. The monoisotopic (exact) mass is 430 g/mol. The smallest absolute Gasteiger partial charge is 0.143 e. The van der Waals surface area contributed by atoms with Gasteiger partial charge in [-0.1, -0.05) is 36.4 Å². The van der Waals surface area contributed by atoms with Crippen LogP contribution < -0.4 is 15.9 Å². The van der Waals surface area contributed by atoms with Gasteiger partial charge < -0.3 is 20.5 Å². The third-order valence-corrected chi connectivity index (χ3v) is 5.89. The summed E-state index contributed by atoms with van der Waals surface area (Å²) in [6.45, 7) is 3.80. The number of hydrazone groups is 1. The summed E-state index contributed by atoms with van der Waals surface area (Å²) in [4.78, 5) is 9.15. The first-order valence-electron chi connectivity index (χ1n) is 10.9. The van der Waals surface area contributed by atoms with Crippen LogP contribution in [-0.4, -0.2) is 47.7 Å². The molecule has 2 unspecified atom stereocenters. The largest absolute Gasteiger partial charge is 0.495 e. The van der Waals surface area contributed by atoms with Gasteiger partial charge in [0.25, 0.3) is 0 Å². The van der Waals surface area contributed by atoms with Gasteiger partial charge in [0, 0.05) is 24.5 Å². The fourth-order valence-corrected chi connectivity index (χ4v) is 4.18. The standard InChI is InChI=1S/C25H30N6O/c1-18-16-31(17-29-18)24-9-8-21(13-25(24)32-2)23(30-26)15-28-22-12-20(10-11-27-14-22)19-6-4-3-5-7-19/h3-9,13,15-17,20,22,27H,10-12,14,26H2,1-2H3/b28-15?,30-23+. The molecule has 2 heterocycles. The van der Waals surface area contributed by atoms with E-state index in [4.69, 9.17) is 15.6 Å². The van der Waals surface area contributed by atoms with E-state index in [1.54, 1.807) is 19.7 Å². The highest BCUT2D eigenvalue weighted by Crippen LogP contribution is 2.27. The molecule has 0 radical (unpaired) electrons. The second-order valence-corrected chi connectivity index (χ2v) is 8.09. The number of aromatic nitrogens is 2. The lowest BCUT2D eigenvalue weighted by atomic mass is 9.90. The molecule has 1 aliphatic heterocycles. The number of nitrogens with zero attached hydrogens (tertiary/aromatic N) is 4. The number of imidazole rings is 1. The fourth-order valence-electron chi connectivity index (χ4n) is 4.18. The van der Waals surface area contributed by atoms with E-state index in [-0.39, 0.29) is 6.04 Å². The molecule has 2 aromatic carbocycles. The second-order valence-electron chi connectivity index (χ2n) is 8.09. The highest BCUT2D eigenvalue weighted by atomic mass is 16.5. The van der Waals surface area contributed by atoms with Crippen molar-refractivity contribution in [2.45, 2.75) is 31.7 Å². The molecule has 0 saturated carbocycles. The molecule has 2 atom stereocenters. The molecule has 7 heteroatoms. The summed E-state index contributed by atoms with van der Waals surface area (Å²) in [5, 5.41) is 7.51. The van der Waals surface area contributed by atoms with Crippen molar-refractivity contribution in [1.82, 2.24) is 14.9 Å². The Hall–Kier alpha value is -3.45. The molecular weight excluding hydrogens is 400 g/mol. The summed E-state index contributed by atoms with van der Waals surface area (Å²) in [5.41, 5.74) is 4.70. The highest BCUT2D eigenvalue weighted by molar-refractivity contribution is 6.38. The minimum Gasteiger partial charge on any atom is -0.495 e. The Labute approximate surface area is 189 Å². The number of benzene rings is 2. The molecular formula is C25H30N6O. The first-order chi connectivity index (χ1) is 15.7. The summed E-state index contributed by atoms with van der Waals surface area (Å²) in [5.74, 6) is 6.95. The van der Waals surface area contributed by atoms with Crippen LogP contribution in [0.25, 0.3) is 5.69 Å². The molecule has 7 nitrogen and oxygen atoms in total. The predicted octanol–water partition coefficient (Wildman–Crippen LogP) is 3.46. The van der Waals surface area contributed by atoms with Crippen LogP contribution in [0.2, 0.25) is 0 Å². The summed E-state index contributed by atoms with van der Waals surface area (Å²) < 4.78 is 7.56. The average Bonchev–Trinajstić information content (AvgIpc) is 3.12. The molecule has 0 bridgehead atoms. The summed E-state index contributed by atoms with van der Waals surface area (Å²) in [6, 6.07) is 16.7. The topological polar surface area (TPSA) is 89.8 Å². The molecule has 3 aromatic rings. The normalized spacial score (nSPS) is 19.8. The van der Waals surface area contributed by atoms with Crippen molar-refractivity contribution in [3.8, 4) is 11.4 Å². The third-order valence-electron chi connectivity index (χ3n) is 5.89. The van der Waals surface area contributed by atoms with E-state index in [0.717, 1.165) is 48.6 Å². The molecule has 0 amide bonds. The Morgan fingerprint density at radius 2 is 2.09 bits per heavy atom. The lowest BCUT2D eigenvalue weighted by Gasteiger charge is -2.17. The van der Waals surface area contributed by atoms with Crippen molar-refractivity contribution >= 4 is 11.9 Å². The number of hydrogen-bond donors (Lipinski definition) is 2. The molecule has 0 spiro atoms. The number of aliphatic imine (C=N–C) groups is 1. The number of nitrogens with two attached hydrogens (primary N) is 1. The van der Waals surface area contributed by atoms with Gasteiger partial charge in [-0.3, -0.25) is 4.99 Å². The number of rotatable bonds is 6. The molecule has 1 fully saturated rings. The highest BCUT2D eigenvalue weighted by Gasteiger charge is 2.20. The minimum absolute atomic E-state index is 0.162. The van der Waals surface area contributed by atoms with Crippen molar-refractivity contribution < 1.29 is 4.74 Å². The zero-order valence-corrected chi connectivity index (χ0v) is 18.6. The Morgan fingerprint density at radius 1 is 1.25 bits per heavy atom. The predicted molar refractivity (Wildman–Crippen MR) is 129 cm³/mol. The van der Waals surface area contributed by atoms with Crippen molar-refractivity contribution in [3.05, 3.63) is 77.9 Å². The molecule has 0 aliphatic carbocycles. The number of aryl methyl sites for hydroxylation is 1. The van der Waals surface area contributed by atoms with Crippen LogP contribution in [0.4, 0.5) is 0 Å². The van der Waals surface area contributed by atoms with Crippen molar-refractivity contribution in [2.75, 3.05) is 20.2 Å². The van der Waals surface area contributed by atoms with E-state index in [1.807, 2.05) is 35.9 Å². The third kappa shape index (κ3) is 5.06. The van der Waals surface area contributed by atoms with E-state index in [1.165, 1.54) is 5.56 Å². The lowest BCUT2D eigenvalue weighted by Crippen LogP contribution is -2.24. The maximum absolute atomic E-state index is 5.74. The molecule has 3 N–H and O–H groups in total. The number of hydrogen-bond acceptors (Lipinski definition) is 6. The molecule has 4 rings (SSSR count). The van der Waals surface area contributed by atoms with E-state index >= 15 is 0 Å². The maximum atomic E-state index is 5.74. The number of ether oxygens (including phenoxy) is 1. The number of methoxy groups -OCH3 is 1. The zero-order valence-electron chi connectivity index (χ0n) is 18.6. The molecule has 1 aliphatic rings. The van der Waals surface area contributed by atoms with E-state index in [9.17, 15) is 0 Å². The summed E-state index contributed by atoms with van der Waals surface area (Å²) >= 11 is 0. The van der Waals surface area contributed by atoms with Gasteiger partial charge in [-0.25, -0.2) is 4.98 Å². The first-order valence-corrected chi connectivity index (χ1v) is 10.9. The number of nitrogens with one attached hydrogen (secondary N) is 1. The average molecular weight is 431 g/mol. The zero-order chi connectivity index (χ0) is 22.3. The van der Waals surface area contributed by atoms with Gasteiger partial charge in [0.15, 0.2) is 0 Å². The van der Waals surface area contributed by atoms with Gasteiger partial charge in [0.1, 0.15) is 11.5 Å². The van der Waals surface area contributed by atoms with Crippen molar-refractivity contribution in [1.29, 1.82) is 0 Å². The minimum atomic E-state index is 0.162. The van der Waals surface area contributed by atoms with Gasteiger partial charge in [-0.05, 0) is 49.9 Å². The van der Waals surface area contributed by atoms with Crippen molar-refractivity contribution in [2.24, 2.45) is 15.9 Å². The summed E-state index contributed by atoms with van der Waals surface area (Å²) in [7, 11) is 1.65. The lowest BCUT2D eigenvalue weighted by molar-refractivity contribution is 0.413. The van der Waals surface area contributed by atoms with Crippen LogP contribution in [0.3, 0.4) is 0 Å². The Bertz CT molecular complexity index is 1090. The van der Waals surface area contributed by atoms with Crippen LogP contribution in [-0.2, 0) is 0 Å². The van der Waals surface area contributed by atoms with Crippen LogP contribution in [0.5, 0.6) is 5.75 Å². The van der Waals surface area contributed by atoms with Gasteiger partial charge in [0.05, 0.1) is 30.9 Å². The quantitative estimate of drug-likeness (QED) is 0.356. The summed E-state index contributed by atoms with van der Waals surface area (Å²) in [6.07, 6.45) is 7.62. The van der Waals surface area contributed by atoms with Gasteiger partial charge in [0.2, 0.25) is 0 Å². The van der Waals surface area contributed by atoms with E-state index in [2.05, 4.69) is 45.7 Å². The Balaban J connectivity index is 1.52. The molecule has 32 heavy (non-hydrogen) atoms. The molecule has 1 aromatic heterocycles. The molecule has 166 valence electrons. The SMILES string of the molecule is COc1cc(/C(C=NC2CNCCC(c3ccccc3)C2)=N/N)ccc1-n1cnc(C)c1. The fraction of sp³-hybridized carbons (Fsp3) is 0.320. The van der Waals surface area contributed by atoms with Crippen LogP contribution in [0.1, 0.15) is 35.6 Å². The Morgan fingerprint density at radius 3 is 2.81 bits per heavy atom. The van der Waals surface area contributed by atoms with Crippen LogP contribution in [0.15, 0.2) is 71.1 Å². The Kier molecular flexibility index (Phi) is 6.97. The van der Waals surface area contributed by atoms with Gasteiger partial charge in [-0.15, -0.1) is 0 Å². The maximum Gasteiger partial charge on any atom is 0.143 e. The molecule has 1 saturated heterocycles.